The fourth-order valence-corrected chi connectivity index (χ4v) is 4.38. The topological polar surface area (TPSA) is 44.3 Å². The Labute approximate surface area is 175 Å². The van der Waals surface area contributed by atoms with Gasteiger partial charge in [-0.3, -0.25) is 4.90 Å². The van der Waals surface area contributed by atoms with E-state index in [0.29, 0.717) is 0 Å². The van der Waals surface area contributed by atoms with Gasteiger partial charge in [0.1, 0.15) is 0 Å². The van der Waals surface area contributed by atoms with E-state index in [-0.39, 0.29) is 0 Å². The summed E-state index contributed by atoms with van der Waals surface area (Å²) >= 11 is 0. The first-order valence-electron chi connectivity index (χ1n) is 11.3. The minimum absolute atomic E-state index is 0.732. The third kappa shape index (κ3) is 5.69. The maximum atomic E-state index is 4.60. The van der Waals surface area contributed by atoms with E-state index in [1.165, 1.54) is 44.3 Å². The van der Waals surface area contributed by atoms with Crippen LogP contribution >= 0.6 is 0 Å². The fraction of sp³-hybridized carbons (Fsp3) is 0.583. The van der Waals surface area contributed by atoms with Crippen molar-refractivity contribution in [3.05, 3.63) is 47.8 Å². The molecule has 1 aromatic heterocycles. The van der Waals surface area contributed by atoms with Crippen molar-refractivity contribution in [2.75, 3.05) is 36.4 Å². The molecule has 4 rings (SSSR count). The summed E-state index contributed by atoms with van der Waals surface area (Å²) in [6.45, 7) is 11.1. The summed E-state index contributed by atoms with van der Waals surface area (Å²) in [5, 5.41) is 3.50. The van der Waals surface area contributed by atoms with E-state index < -0.39 is 0 Å². The van der Waals surface area contributed by atoms with Gasteiger partial charge < -0.3 is 10.2 Å². The van der Waals surface area contributed by atoms with Crippen LogP contribution in [0.1, 0.15) is 50.7 Å². The molecule has 0 amide bonds. The van der Waals surface area contributed by atoms with Crippen LogP contribution in [0, 0.1) is 11.8 Å². The average Bonchev–Trinajstić information content (AvgIpc) is 2.75. The Kier molecular flexibility index (Phi) is 6.65. The third-order valence-electron chi connectivity index (χ3n) is 6.36. The molecule has 0 unspecified atom stereocenters. The molecule has 0 aliphatic carbocycles. The number of likely N-dealkylation sites (tertiary alicyclic amines) is 1. The van der Waals surface area contributed by atoms with Crippen molar-refractivity contribution >= 4 is 11.6 Å². The quantitative estimate of drug-likeness (QED) is 0.780. The summed E-state index contributed by atoms with van der Waals surface area (Å²) in [5.41, 5.74) is 3.66. The first-order valence-corrected chi connectivity index (χ1v) is 11.3. The molecule has 156 valence electrons. The lowest BCUT2D eigenvalue weighted by Crippen LogP contribution is -2.35. The van der Waals surface area contributed by atoms with E-state index in [0.717, 1.165) is 55.2 Å². The molecule has 0 spiro atoms. The predicted molar refractivity (Wildman–Crippen MR) is 120 cm³/mol. The highest BCUT2D eigenvalue weighted by Crippen LogP contribution is 2.21. The standard InChI is InChI=1S/C24H35N5/c1-19-9-12-28(13-10-19)18-21-5-7-23(8-6-21)25-14-22-15-26-24(27-16-22)29-11-3-4-20(2)17-29/h5-8,15-16,19-20,25H,3-4,9-14,17-18H2,1-2H3/t20-/m1/s1. The van der Waals surface area contributed by atoms with Crippen molar-refractivity contribution in [1.29, 1.82) is 0 Å². The van der Waals surface area contributed by atoms with Gasteiger partial charge in [-0.1, -0.05) is 26.0 Å². The van der Waals surface area contributed by atoms with E-state index in [1.54, 1.807) is 0 Å². The number of aromatic nitrogens is 2. The molecule has 1 atom stereocenters. The van der Waals surface area contributed by atoms with Gasteiger partial charge in [-0.25, -0.2) is 9.97 Å². The van der Waals surface area contributed by atoms with E-state index in [9.17, 15) is 0 Å². The van der Waals surface area contributed by atoms with Crippen LogP contribution in [0.2, 0.25) is 0 Å². The third-order valence-corrected chi connectivity index (χ3v) is 6.36. The lowest BCUT2D eigenvalue weighted by molar-refractivity contribution is 0.185. The van der Waals surface area contributed by atoms with Crippen molar-refractivity contribution in [3.63, 3.8) is 0 Å². The van der Waals surface area contributed by atoms with Crippen LogP contribution in [-0.2, 0) is 13.1 Å². The molecule has 1 aromatic carbocycles. The van der Waals surface area contributed by atoms with Crippen LogP contribution < -0.4 is 10.2 Å². The van der Waals surface area contributed by atoms with Gasteiger partial charge >= 0.3 is 0 Å². The summed E-state index contributed by atoms with van der Waals surface area (Å²) in [4.78, 5) is 14.1. The smallest absolute Gasteiger partial charge is 0.225 e. The van der Waals surface area contributed by atoms with Crippen molar-refractivity contribution in [1.82, 2.24) is 14.9 Å². The Morgan fingerprint density at radius 1 is 0.897 bits per heavy atom. The SMILES string of the molecule is CC1CCN(Cc2ccc(NCc3cnc(N4CCC[C@@H](C)C4)nc3)cc2)CC1. The molecule has 2 fully saturated rings. The van der Waals surface area contributed by atoms with E-state index in [4.69, 9.17) is 0 Å². The van der Waals surface area contributed by atoms with E-state index in [2.05, 4.69) is 63.2 Å². The summed E-state index contributed by atoms with van der Waals surface area (Å²) < 4.78 is 0. The van der Waals surface area contributed by atoms with Crippen molar-refractivity contribution in [3.8, 4) is 0 Å². The molecule has 2 aliphatic heterocycles. The van der Waals surface area contributed by atoms with Crippen LogP contribution in [0.25, 0.3) is 0 Å². The van der Waals surface area contributed by atoms with Crippen LogP contribution in [0.5, 0.6) is 0 Å². The monoisotopic (exact) mass is 393 g/mol. The molecular formula is C24H35N5. The number of benzene rings is 1. The zero-order valence-electron chi connectivity index (χ0n) is 18.0. The minimum Gasteiger partial charge on any atom is -0.381 e. The maximum Gasteiger partial charge on any atom is 0.225 e. The van der Waals surface area contributed by atoms with Gasteiger partial charge in [-0.2, -0.15) is 0 Å². The molecule has 29 heavy (non-hydrogen) atoms. The predicted octanol–water partition coefficient (Wildman–Crippen LogP) is 4.56. The van der Waals surface area contributed by atoms with Gasteiger partial charge in [-0.05, 0) is 68.3 Å². The number of nitrogens with zero attached hydrogens (tertiary/aromatic N) is 4. The second-order valence-electron chi connectivity index (χ2n) is 9.09. The summed E-state index contributed by atoms with van der Waals surface area (Å²) in [7, 11) is 0. The molecule has 2 aromatic rings. The highest BCUT2D eigenvalue weighted by molar-refractivity contribution is 5.45. The van der Waals surface area contributed by atoms with Crippen molar-refractivity contribution in [2.24, 2.45) is 11.8 Å². The molecule has 0 bridgehead atoms. The van der Waals surface area contributed by atoms with E-state index in [1.807, 2.05) is 12.4 Å². The number of rotatable bonds is 6. The number of anilines is 2. The minimum atomic E-state index is 0.732. The largest absolute Gasteiger partial charge is 0.381 e. The van der Waals surface area contributed by atoms with Crippen LogP contribution in [-0.4, -0.2) is 41.0 Å². The second-order valence-corrected chi connectivity index (χ2v) is 9.09. The highest BCUT2D eigenvalue weighted by Gasteiger charge is 2.18. The first-order chi connectivity index (χ1) is 14.2. The van der Waals surface area contributed by atoms with Gasteiger partial charge in [0.25, 0.3) is 0 Å². The number of hydrogen-bond acceptors (Lipinski definition) is 5. The van der Waals surface area contributed by atoms with Gasteiger partial charge in [0.05, 0.1) is 0 Å². The summed E-state index contributed by atoms with van der Waals surface area (Å²) in [6.07, 6.45) is 9.13. The van der Waals surface area contributed by atoms with Gasteiger partial charge in [0.2, 0.25) is 5.95 Å². The lowest BCUT2D eigenvalue weighted by atomic mass is 9.99. The number of nitrogens with one attached hydrogen (secondary N) is 1. The Hall–Kier alpha value is -2.14. The maximum absolute atomic E-state index is 4.60. The van der Waals surface area contributed by atoms with Crippen molar-refractivity contribution < 1.29 is 0 Å². The lowest BCUT2D eigenvalue weighted by Gasteiger charge is -2.30. The molecule has 1 N–H and O–H groups in total. The number of piperidine rings is 2. The number of hydrogen-bond donors (Lipinski definition) is 1. The van der Waals surface area contributed by atoms with Gasteiger partial charge in [0, 0.05) is 49.8 Å². The second kappa shape index (κ2) is 9.57. The summed E-state index contributed by atoms with van der Waals surface area (Å²) in [6, 6.07) is 8.87. The van der Waals surface area contributed by atoms with Gasteiger partial charge in [0.15, 0.2) is 0 Å². The van der Waals surface area contributed by atoms with E-state index >= 15 is 0 Å². The fourth-order valence-electron chi connectivity index (χ4n) is 4.38. The van der Waals surface area contributed by atoms with Crippen LogP contribution in [0.3, 0.4) is 0 Å². The van der Waals surface area contributed by atoms with Crippen molar-refractivity contribution in [2.45, 2.75) is 52.6 Å². The molecule has 3 heterocycles. The molecule has 2 saturated heterocycles. The molecule has 0 saturated carbocycles. The van der Waals surface area contributed by atoms with Gasteiger partial charge in [-0.15, -0.1) is 0 Å². The average molecular weight is 394 g/mol. The Balaban J connectivity index is 1.25. The zero-order valence-corrected chi connectivity index (χ0v) is 18.0. The molecule has 5 nitrogen and oxygen atoms in total. The highest BCUT2D eigenvalue weighted by atomic mass is 15.2. The Morgan fingerprint density at radius 3 is 2.31 bits per heavy atom. The normalized spacial score (nSPS) is 21.3. The molecule has 5 heteroatoms. The van der Waals surface area contributed by atoms with Crippen LogP contribution in [0.15, 0.2) is 36.7 Å². The summed E-state index contributed by atoms with van der Waals surface area (Å²) in [5.74, 6) is 2.49. The van der Waals surface area contributed by atoms with Crippen LogP contribution in [0.4, 0.5) is 11.6 Å². The Bertz CT molecular complexity index is 750. The Morgan fingerprint density at radius 2 is 1.62 bits per heavy atom. The molecule has 2 aliphatic rings. The molecule has 0 radical (unpaired) electrons. The molecular weight excluding hydrogens is 358 g/mol. The zero-order chi connectivity index (χ0) is 20.1. The first kappa shape index (κ1) is 20.1.